The number of nitrogens with one attached hydrogen (secondary N) is 1. The predicted molar refractivity (Wildman–Crippen MR) is 83.6 cm³/mol. The predicted octanol–water partition coefficient (Wildman–Crippen LogP) is -0.394. The van der Waals surface area contributed by atoms with Gasteiger partial charge in [-0.1, -0.05) is 0 Å². The third-order valence-corrected chi connectivity index (χ3v) is 4.92. The topological polar surface area (TPSA) is 116 Å². The normalized spacial score (nSPS) is 11.8. The number of benzene rings is 1. The molecule has 1 aromatic rings. The van der Waals surface area contributed by atoms with Gasteiger partial charge in [-0.15, -0.1) is 0 Å². The summed E-state index contributed by atoms with van der Waals surface area (Å²) in [5, 5.41) is 20.8. The second-order valence-electron chi connectivity index (χ2n) is 4.66. The Bertz CT molecular complexity index is 542. The van der Waals surface area contributed by atoms with E-state index < -0.39 is 10.0 Å². The summed E-state index contributed by atoms with van der Waals surface area (Å²) in [5.74, 6) is -0.115. The molecule has 0 aliphatic heterocycles. The maximum atomic E-state index is 12.1. The van der Waals surface area contributed by atoms with Gasteiger partial charge in [0.15, 0.2) is 0 Å². The molecule has 1 aromatic carbocycles. The Morgan fingerprint density at radius 2 is 1.86 bits per heavy atom. The zero-order chi connectivity index (χ0) is 15.9. The average Bonchev–Trinajstić information content (AvgIpc) is 2.42. The van der Waals surface area contributed by atoms with Crippen molar-refractivity contribution in [3.8, 4) is 0 Å². The molecule has 0 spiro atoms. The maximum Gasteiger partial charge on any atom is 0.215 e. The number of nitrogen functional groups attached to an aromatic ring is 1. The number of aliphatic hydroxyl groups is 2. The van der Waals surface area contributed by atoms with Gasteiger partial charge in [-0.3, -0.25) is 0 Å². The lowest BCUT2D eigenvalue weighted by molar-refractivity contribution is 0.217. The summed E-state index contributed by atoms with van der Waals surface area (Å²) in [7, 11) is -3.51. The fourth-order valence-corrected chi connectivity index (χ4v) is 3.19. The minimum absolute atomic E-state index is 0.0100. The third kappa shape index (κ3) is 5.50. The molecule has 0 heterocycles. The fraction of sp³-hybridized carbons (Fsp3) is 0.538. The largest absolute Gasteiger partial charge is 0.399 e. The summed E-state index contributed by atoms with van der Waals surface area (Å²) in [6, 6.07) is 5.39. The van der Waals surface area contributed by atoms with Crippen LogP contribution in [-0.4, -0.2) is 61.5 Å². The number of nitrogens with zero attached hydrogens (tertiary/aromatic N) is 1. The Morgan fingerprint density at radius 1 is 1.24 bits per heavy atom. The standard InChI is InChI=1S/C13H23N3O4S/c1-11-10-12(2-3-13(11)14)15-4-9-21(19,20)16(5-7-17)6-8-18/h2-3,10,15,17-18H,4-9,14H2,1H3. The number of aliphatic hydroxyl groups excluding tert-OH is 2. The van der Waals surface area contributed by atoms with Crippen molar-refractivity contribution in [1.29, 1.82) is 0 Å². The lowest BCUT2D eigenvalue weighted by Crippen LogP contribution is -2.38. The van der Waals surface area contributed by atoms with Crippen LogP contribution in [0.3, 0.4) is 0 Å². The molecule has 0 aliphatic rings. The molecule has 0 saturated heterocycles. The van der Waals surface area contributed by atoms with Gasteiger partial charge in [0, 0.05) is 31.0 Å². The van der Waals surface area contributed by atoms with Crippen LogP contribution in [-0.2, 0) is 10.0 Å². The van der Waals surface area contributed by atoms with Gasteiger partial charge in [0.2, 0.25) is 10.0 Å². The Kier molecular flexibility index (Phi) is 6.90. The number of hydrogen-bond donors (Lipinski definition) is 4. The number of hydrogen-bond acceptors (Lipinski definition) is 6. The van der Waals surface area contributed by atoms with Gasteiger partial charge in [0.25, 0.3) is 0 Å². The SMILES string of the molecule is Cc1cc(NCCS(=O)(=O)N(CCO)CCO)ccc1N. The summed E-state index contributed by atoms with van der Waals surface area (Å²) in [6.07, 6.45) is 0. The molecule has 0 amide bonds. The molecular weight excluding hydrogens is 294 g/mol. The first-order valence-corrected chi connectivity index (χ1v) is 8.31. The maximum absolute atomic E-state index is 12.1. The summed E-state index contributed by atoms with van der Waals surface area (Å²) in [6.45, 7) is 1.54. The molecule has 7 nitrogen and oxygen atoms in total. The Hall–Kier alpha value is -1.35. The molecule has 0 radical (unpaired) electrons. The van der Waals surface area contributed by atoms with Crippen molar-refractivity contribution < 1.29 is 18.6 Å². The van der Waals surface area contributed by atoms with Crippen LogP contribution in [0.4, 0.5) is 11.4 Å². The van der Waals surface area contributed by atoms with Crippen molar-refractivity contribution in [2.24, 2.45) is 0 Å². The van der Waals surface area contributed by atoms with Gasteiger partial charge in [-0.05, 0) is 30.7 Å². The van der Waals surface area contributed by atoms with Crippen LogP contribution < -0.4 is 11.1 Å². The zero-order valence-electron chi connectivity index (χ0n) is 12.1. The number of rotatable bonds is 9. The minimum Gasteiger partial charge on any atom is -0.399 e. The van der Waals surface area contributed by atoms with E-state index in [4.69, 9.17) is 15.9 Å². The number of nitrogens with two attached hydrogens (primary N) is 1. The van der Waals surface area contributed by atoms with Crippen molar-refractivity contribution >= 4 is 21.4 Å². The Morgan fingerprint density at radius 3 is 2.38 bits per heavy atom. The van der Waals surface area contributed by atoms with E-state index >= 15 is 0 Å². The van der Waals surface area contributed by atoms with Crippen molar-refractivity contribution in [3.63, 3.8) is 0 Å². The van der Waals surface area contributed by atoms with E-state index in [0.717, 1.165) is 15.6 Å². The molecule has 0 unspecified atom stereocenters. The van der Waals surface area contributed by atoms with Gasteiger partial charge >= 0.3 is 0 Å². The number of aryl methyl sites for hydroxylation is 1. The highest BCUT2D eigenvalue weighted by Crippen LogP contribution is 2.16. The summed E-state index contributed by atoms with van der Waals surface area (Å²) >= 11 is 0. The Labute approximate surface area is 125 Å². The lowest BCUT2D eigenvalue weighted by atomic mass is 10.2. The summed E-state index contributed by atoms with van der Waals surface area (Å²) in [5.41, 5.74) is 8.12. The lowest BCUT2D eigenvalue weighted by Gasteiger charge is -2.20. The van der Waals surface area contributed by atoms with E-state index in [1.165, 1.54) is 0 Å². The minimum atomic E-state index is -3.51. The third-order valence-electron chi connectivity index (χ3n) is 3.05. The smallest absolute Gasteiger partial charge is 0.215 e. The van der Waals surface area contributed by atoms with Crippen molar-refractivity contribution in [2.45, 2.75) is 6.92 Å². The van der Waals surface area contributed by atoms with Crippen LogP contribution in [0.1, 0.15) is 5.56 Å². The van der Waals surface area contributed by atoms with Crippen LogP contribution in [0.15, 0.2) is 18.2 Å². The first kappa shape index (κ1) is 17.7. The highest BCUT2D eigenvalue weighted by molar-refractivity contribution is 7.89. The molecule has 120 valence electrons. The molecule has 0 fully saturated rings. The van der Waals surface area contributed by atoms with Crippen LogP contribution in [0.25, 0.3) is 0 Å². The van der Waals surface area contributed by atoms with E-state index in [-0.39, 0.29) is 38.6 Å². The van der Waals surface area contributed by atoms with E-state index in [2.05, 4.69) is 5.32 Å². The second kappa shape index (κ2) is 8.18. The van der Waals surface area contributed by atoms with E-state index in [1.54, 1.807) is 12.1 Å². The van der Waals surface area contributed by atoms with Crippen molar-refractivity contribution in [1.82, 2.24) is 4.31 Å². The highest BCUT2D eigenvalue weighted by Gasteiger charge is 2.20. The molecule has 0 bridgehead atoms. The molecule has 8 heteroatoms. The van der Waals surface area contributed by atoms with E-state index in [9.17, 15) is 8.42 Å². The molecule has 0 saturated carbocycles. The molecular formula is C13H23N3O4S. The number of sulfonamides is 1. The van der Waals surface area contributed by atoms with Crippen molar-refractivity contribution in [3.05, 3.63) is 23.8 Å². The van der Waals surface area contributed by atoms with Crippen molar-refractivity contribution in [2.75, 3.05) is 49.7 Å². The average molecular weight is 317 g/mol. The van der Waals surface area contributed by atoms with Gasteiger partial charge in [0.1, 0.15) is 0 Å². The van der Waals surface area contributed by atoms with Crippen LogP contribution in [0.2, 0.25) is 0 Å². The monoisotopic (exact) mass is 317 g/mol. The van der Waals surface area contributed by atoms with E-state index in [0.29, 0.717) is 5.69 Å². The molecule has 0 aromatic heterocycles. The summed E-state index contributed by atoms with van der Waals surface area (Å²) in [4.78, 5) is 0. The molecule has 5 N–H and O–H groups in total. The zero-order valence-corrected chi connectivity index (χ0v) is 12.9. The molecule has 0 atom stereocenters. The molecule has 21 heavy (non-hydrogen) atoms. The highest BCUT2D eigenvalue weighted by atomic mass is 32.2. The fourth-order valence-electron chi connectivity index (χ4n) is 1.85. The first-order chi connectivity index (χ1) is 9.90. The number of anilines is 2. The van der Waals surface area contributed by atoms with Crippen LogP contribution in [0.5, 0.6) is 0 Å². The van der Waals surface area contributed by atoms with Crippen LogP contribution >= 0.6 is 0 Å². The van der Waals surface area contributed by atoms with Crippen LogP contribution in [0, 0.1) is 6.92 Å². The molecule has 1 rings (SSSR count). The van der Waals surface area contributed by atoms with Gasteiger partial charge in [-0.25, -0.2) is 8.42 Å². The molecule has 0 aliphatic carbocycles. The van der Waals surface area contributed by atoms with E-state index in [1.807, 2.05) is 13.0 Å². The Balaban J connectivity index is 2.58. The second-order valence-corrected chi connectivity index (χ2v) is 6.75. The van der Waals surface area contributed by atoms with Gasteiger partial charge < -0.3 is 21.3 Å². The first-order valence-electron chi connectivity index (χ1n) is 6.70. The quantitative estimate of drug-likeness (QED) is 0.461. The van der Waals surface area contributed by atoms with Gasteiger partial charge in [-0.2, -0.15) is 4.31 Å². The summed E-state index contributed by atoms with van der Waals surface area (Å²) < 4.78 is 25.2. The van der Waals surface area contributed by atoms with Gasteiger partial charge in [0.05, 0.1) is 19.0 Å².